The largest absolute Gasteiger partial charge is 0.507 e. The standard InChI is InChI=1S/C30H43N3O5/c1-19(2)33(24(26(35)32-29(4,5)6)22-17-13-14-20(3)25(22)34)27(36)23(18-21-15-11-10-12-16-21)31-28(37)38-30(7,8)9/h10-17,19,23-24,34H,18H2,1-9H3,(H,31,37)(H,32,35). The molecule has 0 bridgehead atoms. The first-order chi connectivity index (χ1) is 17.5. The highest BCUT2D eigenvalue weighted by Crippen LogP contribution is 2.34. The van der Waals surface area contributed by atoms with Crippen LogP contribution in [0.2, 0.25) is 0 Å². The summed E-state index contributed by atoms with van der Waals surface area (Å²) in [6.45, 7) is 16.1. The summed E-state index contributed by atoms with van der Waals surface area (Å²) in [5.41, 5.74) is 0.382. The molecule has 2 atom stereocenters. The number of nitrogens with zero attached hydrogens (tertiary/aromatic N) is 1. The Balaban J connectivity index is 2.61. The fourth-order valence-corrected chi connectivity index (χ4v) is 4.12. The lowest BCUT2D eigenvalue weighted by Gasteiger charge is -2.38. The summed E-state index contributed by atoms with van der Waals surface area (Å²) in [5, 5.41) is 16.7. The van der Waals surface area contributed by atoms with Crippen molar-refractivity contribution in [2.24, 2.45) is 0 Å². The summed E-state index contributed by atoms with van der Waals surface area (Å²) in [5.74, 6) is -0.958. The van der Waals surface area contributed by atoms with Gasteiger partial charge >= 0.3 is 6.09 Å². The monoisotopic (exact) mass is 525 g/mol. The Morgan fingerprint density at radius 2 is 1.55 bits per heavy atom. The van der Waals surface area contributed by atoms with Crippen molar-refractivity contribution in [1.82, 2.24) is 15.5 Å². The van der Waals surface area contributed by atoms with E-state index < -0.39 is 47.2 Å². The fraction of sp³-hybridized carbons (Fsp3) is 0.500. The van der Waals surface area contributed by atoms with Crippen LogP contribution in [0.4, 0.5) is 4.79 Å². The molecule has 3 N–H and O–H groups in total. The first-order valence-electron chi connectivity index (χ1n) is 13.0. The Morgan fingerprint density at radius 3 is 2.08 bits per heavy atom. The molecule has 0 aliphatic carbocycles. The molecule has 208 valence electrons. The van der Waals surface area contributed by atoms with Gasteiger partial charge in [-0.25, -0.2) is 4.79 Å². The van der Waals surface area contributed by atoms with E-state index in [9.17, 15) is 19.5 Å². The zero-order valence-corrected chi connectivity index (χ0v) is 24.1. The summed E-state index contributed by atoms with van der Waals surface area (Å²) in [7, 11) is 0. The van der Waals surface area contributed by atoms with E-state index in [1.54, 1.807) is 59.7 Å². The van der Waals surface area contributed by atoms with Gasteiger partial charge in [0.2, 0.25) is 11.8 Å². The predicted octanol–water partition coefficient (Wildman–Crippen LogP) is 5.03. The van der Waals surface area contributed by atoms with Crippen molar-refractivity contribution in [2.45, 2.75) is 98.0 Å². The number of hydrogen-bond acceptors (Lipinski definition) is 5. The molecule has 0 spiro atoms. The number of nitrogens with one attached hydrogen (secondary N) is 2. The van der Waals surface area contributed by atoms with Crippen molar-refractivity contribution in [3.8, 4) is 5.75 Å². The van der Waals surface area contributed by atoms with E-state index in [1.165, 1.54) is 4.90 Å². The Bertz CT molecular complexity index is 1120. The van der Waals surface area contributed by atoms with Gasteiger partial charge in [0.15, 0.2) is 0 Å². The average Bonchev–Trinajstić information content (AvgIpc) is 2.76. The number of amides is 3. The van der Waals surface area contributed by atoms with Gasteiger partial charge in [-0.3, -0.25) is 9.59 Å². The minimum Gasteiger partial charge on any atom is -0.507 e. The van der Waals surface area contributed by atoms with Gasteiger partial charge in [-0.05, 0) is 73.4 Å². The molecule has 0 saturated carbocycles. The molecule has 0 aromatic heterocycles. The summed E-state index contributed by atoms with van der Waals surface area (Å²) in [6, 6.07) is 11.8. The molecule has 8 heteroatoms. The van der Waals surface area contributed by atoms with Gasteiger partial charge in [0, 0.05) is 23.6 Å². The molecule has 2 rings (SSSR count). The zero-order valence-electron chi connectivity index (χ0n) is 24.1. The molecule has 2 aromatic rings. The number of benzene rings is 2. The van der Waals surface area contributed by atoms with Crippen LogP contribution in [0.15, 0.2) is 48.5 Å². The van der Waals surface area contributed by atoms with E-state index in [-0.39, 0.29) is 12.2 Å². The highest BCUT2D eigenvalue weighted by atomic mass is 16.6. The number of rotatable bonds is 8. The maximum Gasteiger partial charge on any atom is 0.408 e. The molecular weight excluding hydrogens is 482 g/mol. The normalized spacial score (nSPS) is 13.4. The second-order valence-corrected chi connectivity index (χ2v) is 11.9. The number of aryl methyl sites for hydroxylation is 1. The molecule has 0 aliphatic rings. The van der Waals surface area contributed by atoms with Crippen molar-refractivity contribution in [1.29, 1.82) is 0 Å². The number of para-hydroxylation sites is 1. The number of carbonyl (C=O) groups is 3. The van der Waals surface area contributed by atoms with Crippen LogP contribution in [-0.4, -0.2) is 51.1 Å². The number of ether oxygens (including phenoxy) is 1. The minimum atomic E-state index is -1.14. The topological polar surface area (TPSA) is 108 Å². The highest BCUT2D eigenvalue weighted by Gasteiger charge is 2.40. The van der Waals surface area contributed by atoms with E-state index in [0.717, 1.165) is 5.56 Å². The van der Waals surface area contributed by atoms with Crippen molar-refractivity contribution in [3.63, 3.8) is 0 Å². The summed E-state index contributed by atoms with van der Waals surface area (Å²) < 4.78 is 5.45. The number of aromatic hydroxyl groups is 1. The molecule has 2 aromatic carbocycles. The van der Waals surface area contributed by atoms with Crippen LogP contribution in [-0.2, 0) is 20.7 Å². The van der Waals surface area contributed by atoms with Gasteiger partial charge in [-0.15, -0.1) is 0 Å². The second kappa shape index (κ2) is 12.3. The molecule has 0 fully saturated rings. The molecule has 8 nitrogen and oxygen atoms in total. The number of carbonyl (C=O) groups excluding carboxylic acids is 3. The van der Waals surface area contributed by atoms with Crippen LogP contribution >= 0.6 is 0 Å². The second-order valence-electron chi connectivity index (χ2n) is 11.9. The van der Waals surface area contributed by atoms with Gasteiger partial charge in [-0.1, -0.05) is 48.5 Å². The van der Waals surface area contributed by atoms with Gasteiger partial charge < -0.3 is 25.4 Å². The number of phenolic OH excluding ortho intramolecular Hbond substituents is 1. The summed E-state index contributed by atoms with van der Waals surface area (Å²) in [6.07, 6.45) is -0.542. The first-order valence-corrected chi connectivity index (χ1v) is 13.0. The number of phenols is 1. The SMILES string of the molecule is Cc1cccc(C(C(=O)NC(C)(C)C)N(C(=O)C(Cc2ccccc2)NC(=O)OC(C)(C)C)C(C)C)c1O. The van der Waals surface area contributed by atoms with Crippen molar-refractivity contribution in [2.75, 3.05) is 0 Å². The summed E-state index contributed by atoms with van der Waals surface area (Å²) >= 11 is 0. The van der Waals surface area contributed by atoms with Crippen LogP contribution in [0.5, 0.6) is 5.75 Å². The van der Waals surface area contributed by atoms with Crippen LogP contribution in [0.1, 0.15) is 78.1 Å². The predicted molar refractivity (Wildman–Crippen MR) is 149 cm³/mol. The average molecular weight is 526 g/mol. The van der Waals surface area contributed by atoms with E-state index in [0.29, 0.717) is 11.1 Å². The molecule has 3 amide bonds. The Labute approximate surface area is 226 Å². The lowest BCUT2D eigenvalue weighted by molar-refractivity contribution is -0.145. The third-order valence-corrected chi connectivity index (χ3v) is 5.67. The lowest BCUT2D eigenvalue weighted by atomic mass is 9.96. The maximum atomic E-state index is 14.3. The fourth-order valence-electron chi connectivity index (χ4n) is 4.12. The molecule has 0 radical (unpaired) electrons. The van der Waals surface area contributed by atoms with Crippen LogP contribution in [0, 0.1) is 6.92 Å². The Kier molecular flexibility index (Phi) is 9.95. The van der Waals surface area contributed by atoms with Crippen molar-refractivity contribution in [3.05, 3.63) is 65.2 Å². The zero-order chi connectivity index (χ0) is 28.8. The van der Waals surface area contributed by atoms with E-state index in [1.807, 2.05) is 51.1 Å². The molecule has 0 heterocycles. The molecule has 38 heavy (non-hydrogen) atoms. The lowest BCUT2D eigenvalue weighted by Crippen LogP contribution is -2.57. The van der Waals surface area contributed by atoms with E-state index in [2.05, 4.69) is 10.6 Å². The van der Waals surface area contributed by atoms with E-state index in [4.69, 9.17) is 4.74 Å². The molecular formula is C30H43N3O5. The van der Waals surface area contributed by atoms with Gasteiger partial charge in [0.25, 0.3) is 0 Å². The van der Waals surface area contributed by atoms with Crippen molar-refractivity contribution < 1.29 is 24.2 Å². The molecule has 0 aliphatic heterocycles. The van der Waals surface area contributed by atoms with Crippen LogP contribution in [0.3, 0.4) is 0 Å². The smallest absolute Gasteiger partial charge is 0.408 e. The molecule has 0 saturated heterocycles. The quantitative estimate of drug-likeness (QED) is 0.448. The third-order valence-electron chi connectivity index (χ3n) is 5.67. The van der Waals surface area contributed by atoms with E-state index >= 15 is 0 Å². The Morgan fingerprint density at radius 1 is 0.947 bits per heavy atom. The van der Waals surface area contributed by atoms with Crippen LogP contribution in [0.25, 0.3) is 0 Å². The van der Waals surface area contributed by atoms with Gasteiger partial charge in [0.1, 0.15) is 23.4 Å². The highest BCUT2D eigenvalue weighted by molar-refractivity contribution is 5.93. The van der Waals surface area contributed by atoms with Gasteiger partial charge in [-0.2, -0.15) is 0 Å². The number of hydrogen-bond donors (Lipinski definition) is 3. The third kappa shape index (κ3) is 8.78. The summed E-state index contributed by atoms with van der Waals surface area (Å²) in [4.78, 5) is 42.2. The van der Waals surface area contributed by atoms with Crippen LogP contribution < -0.4 is 10.6 Å². The van der Waals surface area contributed by atoms with Crippen molar-refractivity contribution >= 4 is 17.9 Å². The maximum absolute atomic E-state index is 14.3. The Hall–Kier alpha value is -3.55. The minimum absolute atomic E-state index is 0.0558. The number of alkyl carbamates (subject to hydrolysis) is 1. The molecule has 2 unspecified atom stereocenters. The first kappa shape index (κ1) is 30.7. The van der Waals surface area contributed by atoms with Gasteiger partial charge in [0.05, 0.1) is 0 Å².